The van der Waals surface area contributed by atoms with E-state index < -0.39 is 23.6 Å². The topological polar surface area (TPSA) is 75.6 Å². The van der Waals surface area contributed by atoms with Gasteiger partial charge in [0, 0.05) is 13.0 Å². The van der Waals surface area contributed by atoms with Crippen LogP contribution in [0, 0.1) is 0 Å². The number of rotatable bonds is 3. The van der Waals surface area contributed by atoms with Crippen LogP contribution in [-0.4, -0.2) is 35.2 Å². The van der Waals surface area contributed by atoms with E-state index in [4.69, 9.17) is 4.74 Å². The van der Waals surface area contributed by atoms with Crippen LogP contribution in [0.1, 0.15) is 29.8 Å². The predicted molar refractivity (Wildman–Crippen MR) is 68.7 cm³/mol. The molecular formula is C14H17NO4. The molecule has 0 saturated carbocycles. The van der Waals surface area contributed by atoms with Crippen LogP contribution in [0.5, 0.6) is 0 Å². The van der Waals surface area contributed by atoms with Gasteiger partial charge in [0.15, 0.2) is 5.60 Å². The first kappa shape index (κ1) is 13.5. The molecule has 0 bridgehead atoms. The van der Waals surface area contributed by atoms with Crippen LogP contribution in [0.3, 0.4) is 0 Å². The maximum atomic E-state index is 12.1. The number of benzene rings is 1. The van der Waals surface area contributed by atoms with Gasteiger partial charge in [-0.15, -0.1) is 0 Å². The summed E-state index contributed by atoms with van der Waals surface area (Å²) in [5.41, 5.74) is 0.0806. The summed E-state index contributed by atoms with van der Waals surface area (Å²) in [6, 6.07) is 7.09. The molecule has 0 saturated heterocycles. The number of esters is 1. The van der Waals surface area contributed by atoms with Crippen LogP contribution in [0.2, 0.25) is 0 Å². The zero-order valence-electron chi connectivity index (χ0n) is 11.0. The number of ether oxygens (including phenoxy) is 1. The van der Waals surface area contributed by atoms with Crippen LogP contribution in [0.15, 0.2) is 24.3 Å². The second-order valence-corrected chi connectivity index (χ2v) is 5.01. The molecular weight excluding hydrogens is 246 g/mol. The first-order chi connectivity index (χ1) is 8.92. The Morgan fingerprint density at radius 2 is 2.21 bits per heavy atom. The van der Waals surface area contributed by atoms with Gasteiger partial charge in [-0.1, -0.05) is 18.2 Å². The van der Waals surface area contributed by atoms with Crippen molar-refractivity contribution in [2.75, 3.05) is 6.54 Å². The summed E-state index contributed by atoms with van der Waals surface area (Å²) in [4.78, 5) is 24.0. The van der Waals surface area contributed by atoms with Crippen LogP contribution in [0.4, 0.5) is 0 Å². The van der Waals surface area contributed by atoms with E-state index in [9.17, 15) is 14.7 Å². The summed E-state index contributed by atoms with van der Waals surface area (Å²) in [6.07, 6.45) is -0.306. The largest absolute Gasteiger partial charge is 0.445 e. The van der Waals surface area contributed by atoms with Crippen molar-refractivity contribution < 1.29 is 19.4 Å². The van der Waals surface area contributed by atoms with Gasteiger partial charge < -0.3 is 15.2 Å². The Morgan fingerprint density at radius 3 is 2.89 bits per heavy atom. The standard InChI is InChI=1S/C14H17NO4/c1-9(16)8-15-13(18)14(2)7-10-5-3-4-6-11(10)12(17)19-14/h3-6,9,16H,7-8H2,1-2H3,(H,15,18). The second kappa shape index (κ2) is 5.01. The minimum Gasteiger partial charge on any atom is -0.445 e. The van der Waals surface area contributed by atoms with Crippen LogP contribution >= 0.6 is 0 Å². The van der Waals surface area contributed by atoms with E-state index >= 15 is 0 Å². The highest BCUT2D eigenvalue weighted by molar-refractivity contribution is 5.97. The molecule has 0 spiro atoms. The van der Waals surface area contributed by atoms with E-state index in [1.807, 2.05) is 12.1 Å². The van der Waals surface area contributed by atoms with Crippen molar-refractivity contribution in [2.24, 2.45) is 0 Å². The van der Waals surface area contributed by atoms with Crippen molar-refractivity contribution in [3.05, 3.63) is 35.4 Å². The smallest absolute Gasteiger partial charge is 0.339 e. The van der Waals surface area contributed by atoms with Gasteiger partial charge in [0.2, 0.25) is 0 Å². The van der Waals surface area contributed by atoms with E-state index in [1.165, 1.54) is 0 Å². The molecule has 19 heavy (non-hydrogen) atoms. The fourth-order valence-electron chi connectivity index (χ4n) is 2.09. The molecule has 5 nitrogen and oxygen atoms in total. The molecule has 2 N–H and O–H groups in total. The molecule has 1 aromatic rings. The molecule has 2 atom stereocenters. The van der Waals surface area contributed by atoms with Crippen LogP contribution < -0.4 is 5.32 Å². The molecule has 1 amide bonds. The Kier molecular flexibility index (Phi) is 3.57. The van der Waals surface area contributed by atoms with E-state index in [0.29, 0.717) is 12.0 Å². The number of carbonyl (C=O) groups is 2. The third-order valence-electron chi connectivity index (χ3n) is 3.12. The summed E-state index contributed by atoms with van der Waals surface area (Å²) >= 11 is 0. The lowest BCUT2D eigenvalue weighted by Crippen LogP contribution is -2.52. The van der Waals surface area contributed by atoms with Gasteiger partial charge in [-0.2, -0.15) is 0 Å². The molecule has 0 fully saturated rings. The maximum absolute atomic E-state index is 12.1. The highest BCUT2D eigenvalue weighted by Crippen LogP contribution is 2.28. The summed E-state index contributed by atoms with van der Waals surface area (Å²) in [7, 11) is 0. The summed E-state index contributed by atoms with van der Waals surface area (Å²) in [5, 5.41) is 11.7. The molecule has 0 aliphatic carbocycles. The van der Waals surface area contributed by atoms with Gasteiger partial charge >= 0.3 is 5.97 Å². The van der Waals surface area contributed by atoms with E-state index in [0.717, 1.165) is 5.56 Å². The Hall–Kier alpha value is -1.88. The number of aliphatic hydroxyl groups excluding tert-OH is 1. The first-order valence-electron chi connectivity index (χ1n) is 6.20. The average molecular weight is 263 g/mol. The molecule has 5 heteroatoms. The minimum atomic E-state index is -1.22. The second-order valence-electron chi connectivity index (χ2n) is 5.01. The highest BCUT2D eigenvalue weighted by atomic mass is 16.6. The molecule has 2 unspecified atom stereocenters. The SMILES string of the molecule is CC(O)CNC(=O)C1(C)Cc2ccccc2C(=O)O1. The monoisotopic (exact) mass is 263 g/mol. The molecule has 1 heterocycles. The fourth-order valence-corrected chi connectivity index (χ4v) is 2.09. The van der Waals surface area contributed by atoms with Crippen molar-refractivity contribution in [3.63, 3.8) is 0 Å². The van der Waals surface area contributed by atoms with Gasteiger partial charge in [0.05, 0.1) is 11.7 Å². The molecule has 1 aliphatic heterocycles. The third kappa shape index (κ3) is 2.76. The normalized spacial score (nSPS) is 23.2. The lowest BCUT2D eigenvalue weighted by molar-refractivity contribution is -0.140. The van der Waals surface area contributed by atoms with Crippen molar-refractivity contribution in [1.82, 2.24) is 5.32 Å². The highest BCUT2D eigenvalue weighted by Gasteiger charge is 2.42. The number of fused-ring (bicyclic) bond motifs is 1. The van der Waals surface area contributed by atoms with Gasteiger partial charge in [-0.3, -0.25) is 4.79 Å². The summed E-state index contributed by atoms with van der Waals surface area (Å²) in [5.74, 6) is -0.882. The molecule has 1 aliphatic rings. The minimum absolute atomic E-state index is 0.133. The quantitative estimate of drug-likeness (QED) is 0.785. The zero-order chi connectivity index (χ0) is 14.0. The maximum Gasteiger partial charge on any atom is 0.339 e. The Balaban J connectivity index is 2.19. The molecule has 0 radical (unpaired) electrons. The van der Waals surface area contributed by atoms with Gasteiger partial charge in [0.25, 0.3) is 5.91 Å². The molecule has 0 aromatic heterocycles. The Morgan fingerprint density at radius 1 is 1.53 bits per heavy atom. The van der Waals surface area contributed by atoms with Gasteiger partial charge in [0.1, 0.15) is 0 Å². The summed E-state index contributed by atoms with van der Waals surface area (Å²) in [6.45, 7) is 3.29. The van der Waals surface area contributed by atoms with E-state index in [1.54, 1.807) is 26.0 Å². The van der Waals surface area contributed by atoms with Crippen molar-refractivity contribution >= 4 is 11.9 Å². The van der Waals surface area contributed by atoms with Crippen molar-refractivity contribution in [1.29, 1.82) is 0 Å². The number of aliphatic hydroxyl groups is 1. The first-order valence-corrected chi connectivity index (χ1v) is 6.20. The predicted octanol–water partition coefficient (Wildman–Crippen LogP) is 0.655. The number of carbonyl (C=O) groups excluding carboxylic acids is 2. The number of hydrogen-bond acceptors (Lipinski definition) is 4. The zero-order valence-corrected chi connectivity index (χ0v) is 11.0. The third-order valence-corrected chi connectivity index (χ3v) is 3.12. The Labute approximate surface area is 111 Å². The fraction of sp³-hybridized carbons (Fsp3) is 0.429. The molecule has 1 aromatic carbocycles. The number of amides is 1. The van der Waals surface area contributed by atoms with E-state index in [-0.39, 0.29) is 6.54 Å². The Bertz CT molecular complexity index is 512. The summed E-state index contributed by atoms with van der Waals surface area (Å²) < 4.78 is 5.26. The van der Waals surface area contributed by atoms with Gasteiger partial charge in [-0.05, 0) is 25.5 Å². The van der Waals surface area contributed by atoms with Crippen LogP contribution in [0.25, 0.3) is 0 Å². The van der Waals surface area contributed by atoms with Gasteiger partial charge in [-0.25, -0.2) is 4.79 Å². The van der Waals surface area contributed by atoms with Crippen molar-refractivity contribution in [2.45, 2.75) is 32.0 Å². The van der Waals surface area contributed by atoms with Crippen LogP contribution in [-0.2, 0) is 16.0 Å². The lowest BCUT2D eigenvalue weighted by Gasteiger charge is -2.33. The number of cyclic esters (lactones) is 1. The lowest BCUT2D eigenvalue weighted by atomic mass is 9.89. The van der Waals surface area contributed by atoms with Crippen molar-refractivity contribution in [3.8, 4) is 0 Å². The average Bonchev–Trinajstić information content (AvgIpc) is 2.35. The number of hydrogen-bond donors (Lipinski definition) is 2. The molecule has 2 rings (SSSR count). The number of nitrogens with one attached hydrogen (secondary N) is 1. The van der Waals surface area contributed by atoms with E-state index in [2.05, 4.69) is 5.32 Å². The molecule has 102 valence electrons.